The third-order valence-corrected chi connectivity index (χ3v) is 3.87. The predicted octanol–water partition coefficient (Wildman–Crippen LogP) is 5.58. The van der Waals surface area contributed by atoms with E-state index < -0.39 is 0 Å². The van der Waals surface area contributed by atoms with Crippen LogP contribution in [-0.4, -0.2) is 15.7 Å². The molecule has 2 aromatic heterocycles. The normalized spacial score (nSPS) is 11.2. The summed E-state index contributed by atoms with van der Waals surface area (Å²) in [7, 11) is 0. The van der Waals surface area contributed by atoms with Crippen LogP contribution in [0.4, 0.5) is 0 Å². The van der Waals surface area contributed by atoms with Crippen molar-refractivity contribution in [2.24, 2.45) is 4.99 Å². The van der Waals surface area contributed by atoms with Gasteiger partial charge in [0, 0.05) is 17.4 Å². The quantitative estimate of drug-likeness (QED) is 0.566. The lowest BCUT2D eigenvalue weighted by Crippen LogP contribution is -2.02. The highest BCUT2D eigenvalue weighted by Gasteiger charge is 2.10. The summed E-state index contributed by atoms with van der Waals surface area (Å²) in [4.78, 5) is 13.4. The molecule has 0 unspecified atom stereocenters. The van der Waals surface area contributed by atoms with Crippen molar-refractivity contribution < 1.29 is 0 Å². The average molecular weight is 346 g/mol. The topological polar surface area (TPSA) is 38.1 Å². The summed E-state index contributed by atoms with van der Waals surface area (Å²) in [5.41, 5.74) is 4.96. The Hall–Kier alpha value is -3.04. The van der Waals surface area contributed by atoms with Crippen molar-refractivity contribution in [2.75, 3.05) is 0 Å². The molecule has 0 bridgehead atoms. The van der Waals surface area contributed by atoms with Gasteiger partial charge < -0.3 is 0 Å². The number of hydrogen-bond donors (Lipinski definition) is 0. The van der Waals surface area contributed by atoms with Crippen LogP contribution in [0.25, 0.3) is 22.5 Å². The van der Waals surface area contributed by atoms with Gasteiger partial charge in [-0.1, -0.05) is 43.0 Å². The highest BCUT2D eigenvalue weighted by Crippen LogP contribution is 2.26. The van der Waals surface area contributed by atoms with Crippen LogP contribution in [0.1, 0.15) is 5.69 Å². The molecule has 3 aromatic rings. The minimum Gasteiger partial charge on any atom is -0.255 e. The SMILES string of the molecule is C=CN=C(C=C)c1cc(-c2ccc(Cl)cc2)cc(-c2ccccn2)n1. The maximum absolute atomic E-state index is 6.01. The van der Waals surface area contributed by atoms with Crippen LogP contribution in [0.2, 0.25) is 5.02 Å². The second-order valence-electron chi connectivity index (χ2n) is 5.25. The summed E-state index contributed by atoms with van der Waals surface area (Å²) in [6.45, 7) is 7.48. The molecule has 2 heterocycles. The molecule has 122 valence electrons. The molecule has 3 rings (SSSR count). The molecule has 0 aliphatic rings. The Morgan fingerprint density at radius 2 is 1.76 bits per heavy atom. The molecular formula is C21H16ClN3. The number of aliphatic imine (C=N–C) groups is 1. The third kappa shape index (κ3) is 3.90. The highest BCUT2D eigenvalue weighted by molar-refractivity contribution is 6.30. The van der Waals surface area contributed by atoms with E-state index in [0.717, 1.165) is 22.5 Å². The maximum Gasteiger partial charge on any atom is 0.0900 e. The first-order chi connectivity index (χ1) is 12.2. The van der Waals surface area contributed by atoms with E-state index in [2.05, 4.69) is 23.1 Å². The second kappa shape index (κ2) is 7.69. The van der Waals surface area contributed by atoms with Crippen LogP contribution < -0.4 is 0 Å². The molecule has 0 saturated heterocycles. The van der Waals surface area contributed by atoms with E-state index in [9.17, 15) is 0 Å². The number of halogens is 1. The van der Waals surface area contributed by atoms with Crippen LogP contribution in [0, 0.1) is 0 Å². The molecule has 0 aliphatic heterocycles. The second-order valence-corrected chi connectivity index (χ2v) is 5.69. The molecule has 3 nitrogen and oxygen atoms in total. The predicted molar refractivity (Wildman–Crippen MR) is 105 cm³/mol. The Morgan fingerprint density at radius 1 is 0.960 bits per heavy atom. The smallest absolute Gasteiger partial charge is 0.0900 e. The van der Waals surface area contributed by atoms with Gasteiger partial charge in [0.05, 0.1) is 22.8 Å². The number of aromatic nitrogens is 2. The van der Waals surface area contributed by atoms with E-state index >= 15 is 0 Å². The summed E-state index contributed by atoms with van der Waals surface area (Å²) in [6.07, 6.45) is 4.89. The number of pyridine rings is 2. The lowest BCUT2D eigenvalue weighted by molar-refractivity contribution is 1.23. The minimum absolute atomic E-state index is 0.656. The molecule has 0 spiro atoms. The van der Waals surface area contributed by atoms with E-state index in [1.807, 2.05) is 54.6 Å². The van der Waals surface area contributed by atoms with Gasteiger partial charge in [-0.15, -0.1) is 0 Å². The number of rotatable bonds is 5. The first-order valence-corrected chi connectivity index (χ1v) is 8.10. The Balaban J connectivity index is 2.21. The molecule has 0 atom stereocenters. The lowest BCUT2D eigenvalue weighted by atomic mass is 10.0. The van der Waals surface area contributed by atoms with E-state index in [0.29, 0.717) is 16.4 Å². The van der Waals surface area contributed by atoms with Gasteiger partial charge in [-0.2, -0.15) is 0 Å². The van der Waals surface area contributed by atoms with Gasteiger partial charge in [-0.25, -0.2) is 4.98 Å². The molecule has 4 heteroatoms. The zero-order valence-electron chi connectivity index (χ0n) is 13.6. The summed E-state index contributed by atoms with van der Waals surface area (Å²) < 4.78 is 0. The van der Waals surface area contributed by atoms with Gasteiger partial charge >= 0.3 is 0 Å². The Kier molecular flexibility index (Phi) is 5.17. The molecular weight excluding hydrogens is 330 g/mol. The zero-order valence-corrected chi connectivity index (χ0v) is 14.3. The van der Waals surface area contributed by atoms with Gasteiger partial charge in [0.25, 0.3) is 0 Å². The zero-order chi connectivity index (χ0) is 17.6. The number of nitrogens with zero attached hydrogens (tertiary/aromatic N) is 3. The Labute approximate surface area is 152 Å². The summed E-state index contributed by atoms with van der Waals surface area (Å²) in [5.74, 6) is 0. The van der Waals surface area contributed by atoms with Crippen LogP contribution in [-0.2, 0) is 0 Å². The number of benzene rings is 1. The average Bonchev–Trinajstić information content (AvgIpc) is 2.67. The van der Waals surface area contributed by atoms with Gasteiger partial charge in [0.15, 0.2) is 0 Å². The summed E-state index contributed by atoms with van der Waals surface area (Å²) >= 11 is 6.01. The highest BCUT2D eigenvalue weighted by atomic mass is 35.5. The first kappa shape index (κ1) is 16.8. The van der Waals surface area contributed by atoms with Crippen molar-refractivity contribution in [3.8, 4) is 22.5 Å². The van der Waals surface area contributed by atoms with Gasteiger partial charge in [0.2, 0.25) is 0 Å². The monoisotopic (exact) mass is 345 g/mol. The van der Waals surface area contributed by atoms with E-state index in [1.54, 1.807) is 12.3 Å². The summed E-state index contributed by atoms with van der Waals surface area (Å²) in [6, 6.07) is 17.4. The van der Waals surface area contributed by atoms with Crippen molar-refractivity contribution in [2.45, 2.75) is 0 Å². The molecule has 0 aliphatic carbocycles. The molecule has 0 amide bonds. The van der Waals surface area contributed by atoms with E-state index in [-0.39, 0.29) is 0 Å². The van der Waals surface area contributed by atoms with Crippen molar-refractivity contribution >= 4 is 17.3 Å². The van der Waals surface area contributed by atoms with Crippen LogP contribution in [0.3, 0.4) is 0 Å². The number of hydrogen-bond acceptors (Lipinski definition) is 3. The largest absolute Gasteiger partial charge is 0.255 e. The standard InChI is InChI=1S/C21H16ClN3/c1-3-18(23-4-2)20-13-16(15-8-10-17(22)11-9-15)14-21(25-20)19-7-5-6-12-24-19/h3-14H,1-2H2. The third-order valence-electron chi connectivity index (χ3n) is 3.62. The molecule has 0 radical (unpaired) electrons. The Morgan fingerprint density at radius 3 is 2.40 bits per heavy atom. The van der Waals surface area contributed by atoms with Gasteiger partial charge in [-0.3, -0.25) is 9.98 Å². The van der Waals surface area contributed by atoms with Crippen LogP contribution >= 0.6 is 11.6 Å². The van der Waals surface area contributed by atoms with E-state index in [4.69, 9.17) is 16.6 Å². The fraction of sp³-hybridized carbons (Fsp3) is 0. The molecule has 0 N–H and O–H groups in total. The molecule has 0 saturated carbocycles. The van der Waals surface area contributed by atoms with Crippen molar-refractivity contribution in [1.29, 1.82) is 0 Å². The van der Waals surface area contributed by atoms with Crippen molar-refractivity contribution in [1.82, 2.24) is 9.97 Å². The maximum atomic E-state index is 6.01. The first-order valence-electron chi connectivity index (χ1n) is 7.72. The van der Waals surface area contributed by atoms with Gasteiger partial charge in [-0.05, 0) is 53.6 Å². The molecule has 25 heavy (non-hydrogen) atoms. The summed E-state index contributed by atoms with van der Waals surface area (Å²) in [5, 5.41) is 0.697. The van der Waals surface area contributed by atoms with Crippen molar-refractivity contribution in [3.63, 3.8) is 0 Å². The molecule has 0 fully saturated rings. The van der Waals surface area contributed by atoms with E-state index in [1.165, 1.54) is 6.20 Å². The van der Waals surface area contributed by atoms with Crippen LogP contribution in [0.5, 0.6) is 0 Å². The number of allylic oxidation sites excluding steroid dienone is 1. The van der Waals surface area contributed by atoms with Crippen molar-refractivity contribution in [3.05, 3.63) is 96.9 Å². The van der Waals surface area contributed by atoms with Crippen LogP contribution in [0.15, 0.2) is 91.2 Å². The fourth-order valence-electron chi connectivity index (χ4n) is 2.44. The Bertz CT molecular complexity index is 929. The lowest BCUT2D eigenvalue weighted by Gasteiger charge is -2.09. The fourth-order valence-corrected chi connectivity index (χ4v) is 2.56. The molecule has 1 aromatic carbocycles. The van der Waals surface area contributed by atoms with Gasteiger partial charge in [0.1, 0.15) is 0 Å². The minimum atomic E-state index is 0.656.